The number of anilines is 2. The topological polar surface area (TPSA) is 96.5 Å². The van der Waals surface area contributed by atoms with Gasteiger partial charge in [-0.05, 0) is 77.9 Å². The maximum Gasteiger partial charge on any atom is 0.272 e. The Balaban J connectivity index is 1.26. The van der Waals surface area contributed by atoms with Crippen LogP contribution < -0.4 is 20.7 Å². The third-order valence-corrected chi connectivity index (χ3v) is 8.19. The summed E-state index contributed by atoms with van der Waals surface area (Å²) in [4.78, 5) is 39.9. The van der Waals surface area contributed by atoms with Crippen LogP contribution >= 0.6 is 35.0 Å². The predicted molar refractivity (Wildman–Crippen MR) is 190 cm³/mol. The van der Waals surface area contributed by atoms with Gasteiger partial charge in [0, 0.05) is 21.2 Å². The molecule has 3 amide bonds. The fourth-order valence-corrected chi connectivity index (χ4v) is 5.39. The highest BCUT2D eigenvalue weighted by atomic mass is 35.5. The molecule has 0 radical (unpaired) electrons. The van der Waals surface area contributed by atoms with E-state index in [1.807, 2.05) is 42.5 Å². The largest absolute Gasteiger partial charge is 0.489 e. The maximum atomic E-state index is 13.5. The summed E-state index contributed by atoms with van der Waals surface area (Å²) in [5.41, 5.74) is 3.11. The minimum atomic E-state index is -0.519. The minimum Gasteiger partial charge on any atom is -0.489 e. The van der Waals surface area contributed by atoms with E-state index in [1.165, 1.54) is 11.8 Å². The lowest BCUT2D eigenvalue weighted by Gasteiger charge is -2.13. The van der Waals surface area contributed by atoms with Gasteiger partial charge < -0.3 is 20.7 Å². The molecule has 7 nitrogen and oxygen atoms in total. The zero-order valence-corrected chi connectivity index (χ0v) is 27.2. The van der Waals surface area contributed by atoms with Gasteiger partial charge in [-0.3, -0.25) is 14.4 Å². The first-order valence-electron chi connectivity index (χ1n) is 14.5. The summed E-state index contributed by atoms with van der Waals surface area (Å²) >= 11 is 13.5. The van der Waals surface area contributed by atoms with Crippen LogP contribution in [-0.4, -0.2) is 23.5 Å². The lowest BCUT2D eigenvalue weighted by Crippen LogP contribution is -2.30. The van der Waals surface area contributed by atoms with E-state index in [0.717, 1.165) is 10.5 Å². The van der Waals surface area contributed by atoms with Gasteiger partial charge in [0.1, 0.15) is 18.1 Å². The molecule has 0 spiro atoms. The molecule has 0 saturated heterocycles. The monoisotopic (exact) mass is 681 g/mol. The number of carbonyl (C=O) groups excluding carboxylic acids is 3. The Morgan fingerprint density at radius 2 is 1.47 bits per heavy atom. The molecule has 0 heterocycles. The normalized spacial score (nSPS) is 11.0. The van der Waals surface area contributed by atoms with Crippen LogP contribution in [0.25, 0.3) is 6.08 Å². The van der Waals surface area contributed by atoms with Crippen LogP contribution in [0, 0.1) is 0 Å². The van der Waals surface area contributed by atoms with E-state index in [4.69, 9.17) is 27.9 Å². The van der Waals surface area contributed by atoms with Gasteiger partial charge in [-0.15, -0.1) is 11.8 Å². The molecule has 0 aromatic heterocycles. The second kappa shape index (κ2) is 16.5. The summed E-state index contributed by atoms with van der Waals surface area (Å²) in [5.74, 6) is -0.439. The Labute approximate surface area is 287 Å². The van der Waals surface area contributed by atoms with E-state index in [-0.39, 0.29) is 17.4 Å². The van der Waals surface area contributed by atoms with Crippen molar-refractivity contribution in [2.45, 2.75) is 11.5 Å². The van der Waals surface area contributed by atoms with E-state index in [2.05, 4.69) is 16.0 Å². The second-order valence-corrected chi connectivity index (χ2v) is 12.1. The van der Waals surface area contributed by atoms with Crippen molar-refractivity contribution in [1.29, 1.82) is 0 Å². The molecule has 236 valence electrons. The molecule has 0 unspecified atom stereocenters. The van der Waals surface area contributed by atoms with Gasteiger partial charge in [-0.1, -0.05) is 89.9 Å². The fraction of sp³-hybridized carbons (Fsp3) is 0.0541. The summed E-state index contributed by atoms with van der Waals surface area (Å²) in [5, 5.41) is 9.20. The highest BCUT2D eigenvalue weighted by Crippen LogP contribution is 2.27. The Hall–Kier alpha value is -5.02. The third-order valence-electron chi connectivity index (χ3n) is 6.63. The van der Waals surface area contributed by atoms with E-state index < -0.39 is 11.8 Å². The summed E-state index contributed by atoms with van der Waals surface area (Å²) in [6.45, 7) is 0.426. The van der Waals surface area contributed by atoms with E-state index >= 15 is 0 Å². The molecule has 47 heavy (non-hydrogen) atoms. The smallest absolute Gasteiger partial charge is 0.272 e. The van der Waals surface area contributed by atoms with Gasteiger partial charge in [0.05, 0.1) is 16.5 Å². The van der Waals surface area contributed by atoms with Gasteiger partial charge in [0.25, 0.3) is 11.8 Å². The number of nitrogens with one attached hydrogen (secondary N) is 3. The number of rotatable bonds is 12. The second-order valence-electron chi connectivity index (χ2n) is 10.2. The van der Waals surface area contributed by atoms with Crippen LogP contribution in [0.3, 0.4) is 0 Å². The molecule has 0 saturated carbocycles. The number of amides is 3. The molecule has 5 aromatic rings. The number of halogens is 2. The number of benzene rings is 5. The van der Waals surface area contributed by atoms with Crippen molar-refractivity contribution >= 4 is 70.1 Å². The standard InChI is InChI=1S/C37H29Cl2N3O4S/c38-28-16-19-32(39)33(21-28)41-35(43)24-47-31-13-7-12-29(22-31)40-37(45)34(42-36(44)27-10-5-2-6-11-27)20-25-14-17-30(18-15-25)46-23-26-8-3-1-4-9-26/h1-22H,23-24H2,(H,40,45)(H,41,43)(H,42,44)/b34-20+. The summed E-state index contributed by atoms with van der Waals surface area (Å²) in [7, 11) is 0. The maximum absolute atomic E-state index is 13.5. The summed E-state index contributed by atoms with van der Waals surface area (Å²) < 4.78 is 5.88. The minimum absolute atomic E-state index is 0.0487. The number of ether oxygens (including phenoxy) is 1. The molecule has 5 aromatic carbocycles. The third kappa shape index (κ3) is 10.2. The number of thioether (sulfide) groups is 1. The molecule has 3 N–H and O–H groups in total. The lowest BCUT2D eigenvalue weighted by molar-refractivity contribution is -0.114. The fourth-order valence-electron chi connectivity index (χ4n) is 4.30. The first kappa shape index (κ1) is 33.3. The van der Waals surface area contributed by atoms with Crippen LogP contribution in [0.5, 0.6) is 5.75 Å². The van der Waals surface area contributed by atoms with Crippen molar-refractivity contribution in [3.63, 3.8) is 0 Å². The van der Waals surface area contributed by atoms with Gasteiger partial charge in [0.15, 0.2) is 0 Å². The van der Waals surface area contributed by atoms with Gasteiger partial charge >= 0.3 is 0 Å². The lowest BCUT2D eigenvalue weighted by atomic mass is 10.1. The zero-order chi connectivity index (χ0) is 33.0. The molecule has 0 aliphatic carbocycles. The van der Waals surface area contributed by atoms with E-state index in [0.29, 0.717) is 44.9 Å². The van der Waals surface area contributed by atoms with Crippen LogP contribution in [0.2, 0.25) is 10.0 Å². The first-order valence-corrected chi connectivity index (χ1v) is 16.2. The molecule has 0 aliphatic rings. The number of carbonyl (C=O) groups is 3. The van der Waals surface area contributed by atoms with Crippen molar-refractivity contribution in [2.75, 3.05) is 16.4 Å². The highest BCUT2D eigenvalue weighted by molar-refractivity contribution is 8.00. The van der Waals surface area contributed by atoms with Crippen molar-refractivity contribution in [2.24, 2.45) is 0 Å². The highest BCUT2D eigenvalue weighted by Gasteiger charge is 2.16. The Kier molecular flexibility index (Phi) is 11.7. The predicted octanol–water partition coefficient (Wildman–Crippen LogP) is 8.71. The number of hydrogen-bond acceptors (Lipinski definition) is 5. The molecule has 0 atom stereocenters. The van der Waals surface area contributed by atoms with Crippen molar-refractivity contribution < 1.29 is 19.1 Å². The van der Waals surface area contributed by atoms with Crippen LogP contribution in [0.1, 0.15) is 21.5 Å². The number of hydrogen-bond donors (Lipinski definition) is 3. The SMILES string of the molecule is O=C(CSc1cccc(NC(=O)/C(=C\c2ccc(OCc3ccccc3)cc2)NC(=O)c2ccccc2)c1)Nc1cc(Cl)ccc1Cl. The van der Waals surface area contributed by atoms with Crippen LogP contribution in [0.15, 0.2) is 138 Å². The molecule has 10 heteroatoms. The van der Waals surface area contributed by atoms with Gasteiger partial charge in [-0.25, -0.2) is 0 Å². The van der Waals surface area contributed by atoms with E-state index in [1.54, 1.807) is 91.0 Å². The van der Waals surface area contributed by atoms with E-state index in [9.17, 15) is 14.4 Å². The molecule has 5 rings (SSSR count). The molecule has 0 bridgehead atoms. The molecular weight excluding hydrogens is 653 g/mol. The quantitative estimate of drug-likeness (QED) is 0.0904. The molecular formula is C37H29Cl2N3O4S. The van der Waals surface area contributed by atoms with Gasteiger partial charge in [0.2, 0.25) is 5.91 Å². The van der Waals surface area contributed by atoms with Crippen LogP contribution in [-0.2, 0) is 16.2 Å². The molecule has 0 fully saturated rings. The Morgan fingerprint density at radius 3 is 2.21 bits per heavy atom. The summed E-state index contributed by atoms with van der Waals surface area (Å²) in [6, 6.07) is 37.6. The Morgan fingerprint density at radius 1 is 0.745 bits per heavy atom. The summed E-state index contributed by atoms with van der Waals surface area (Å²) in [6.07, 6.45) is 1.60. The van der Waals surface area contributed by atoms with Crippen molar-refractivity contribution in [3.05, 3.63) is 160 Å². The average molecular weight is 683 g/mol. The van der Waals surface area contributed by atoms with Crippen molar-refractivity contribution in [1.82, 2.24) is 5.32 Å². The van der Waals surface area contributed by atoms with Gasteiger partial charge in [-0.2, -0.15) is 0 Å². The molecule has 0 aliphatic heterocycles. The first-order chi connectivity index (χ1) is 22.8. The van der Waals surface area contributed by atoms with Crippen molar-refractivity contribution in [3.8, 4) is 5.75 Å². The van der Waals surface area contributed by atoms with Crippen LogP contribution in [0.4, 0.5) is 11.4 Å². The zero-order valence-electron chi connectivity index (χ0n) is 24.9. The Bertz CT molecular complexity index is 1890. The average Bonchev–Trinajstić information content (AvgIpc) is 3.09.